The molecule has 9 rings (SSSR count). The van der Waals surface area contributed by atoms with Crippen LogP contribution in [-0.2, 0) is 0 Å². The lowest BCUT2D eigenvalue weighted by atomic mass is 9.95. The van der Waals surface area contributed by atoms with Gasteiger partial charge in [-0.15, -0.1) is 0 Å². The zero-order valence-electron chi connectivity index (χ0n) is 26.7. The number of para-hydroxylation sites is 2. The highest BCUT2D eigenvalue weighted by Crippen LogP contribution is 2.41. The van der Waals surface area contributed by atoms with E-state index in [1.54, 1.807) is 18.2 Å². The maximum absolute atomic E-state index is 10.0. The third kappa shape index (κ3) is 4.31. The van der Waals surface area contributed by atoms with Gasteiger partial charge in [0, 0.05) is 44.0 Å². The quantitative estimate of drug-likeness (QED) is 0.181. The Kier molecular flexibility index (Phi) is 6.56. The molecule has 2 aromatic heterocycles. The Labute approximate surface area is 288 Å². The van der Waals surface area contributed by atoms with Gasteiger partial charge in [-0.3, -0.25) is 0 Å². The molecule has 5 heteroatoms. The molecule has 230 valence electrons. The van der Waals surface area contributed by atoms with E-state index in [-0.39, 0.29) is 0 Å². The molecule has 7 aromatic carbocycles. The van der Waals surface area contributed by atoms with Crippen molar-refractivity contribution in [2.24, 2.45) is 0 Å². The van der Waals surface area contributed by atoms with E-state index >= 15 is 0 Å². The molecule has 0 bridgehead atoms. The third-order valence-electron chi connectivity index (χ3n) is 9.62. The summed E-state index contributed by atoms with van der Waals surface area (Å²) in [6, 6.07) is 55.7. The van der Waals surface area contributed by atoms with Crippen LogP contribution in [0, 0.1) is 29.2 Å². The molecule has 5 nitrogen and oxygen atoms in total. The van der Waals surface area contributed by atoms with Gasteiger partial charge in [0.1, 0.15) is 0 Å². The normalized spacial score (nSPS) is 11.1. The Balaban J connectivity index is 1.35. The van der Waals surface area contributed by atoms with Crippen LogP contribution in [0.1, 0.15) is 11.1 Å². The number of hydrogen-bond acceptors (Lipinski definition) is 2. The molecule has 0 aliphatic rings. The van der Waals surface area contributed by atoms with Crippen molar-refractivity contribution in [2.75, 3.05) is 0 Å². The molecule has 0 saturated carbocycles. The summed E-state index contributed by atoms with van der Waals surface area (Å²) in [5, 5.41) is 24.2. The predicted molar refractivity (Wildman–Crippen MR) is 202 cm³/mol. The number of nitriles is 2. The van der Waals surface area contributed by atoms with Crippen molar-refractivity contribution < 1.29 is 0 Å². The van der Waals surface area contributed by atoms with E-state index in [0.717, 1.165) is 66.3 Å². The summed E-state index contributed by atoms with van der Waals surface area (Å²) in [7, 11) is 0. The average Bonchev–Trinajstić information content (AvgIpc) is 3.69. The lowest BCUT2D eigenvalue weighted by Crippen LogP contribution is -1.96. The number of rotatable bonds is 4. The Hall–Kier alpha value is -7.39. The average molecular weight is 636 g/mol. The molecule has 0 atom stereocenters. The Morgan fingerprint density at radius 1 is 0.460 bits per heavy atom. The molecule has 9 aromatic rings. The van der Waals surface area contributed by atoms with Gasteiger partial charge in [-0.05, 0) is 89.5 Å². The molecule has 0 fully saturated rings. The molecule has 0 amide bonds. The van der Waals surface area contributed by atoms with Gasteiger partial charge < -0.3 is 9.13 Å². The largest absolute Gasteiger partial charge is 0.309 e. The zero-order chi connectivity index (χ0) is 33.8. The molecule has 2 heterocycles. The van der Waals surface area contributed by atoms with Gasteiger partial charge in [-0.2, -0.15) is 10.5 Å². The Morgan fingerprint density at radius 2 is 1.04 bits per heavy atom. The minimum absolute atomic E-state index is 0.441. The van der Waals surface area contributed by atoms with Crippen LogP contribution in [0.5, 0.6) is 0 Å². The zero-order valence-corrected chi connectivity index (χ0v) is 26.7. The molecule has 0 spiro atoms. The van der Waals surface area contributed by atoms with Gasteiger partial charge in [-0.25, -0.2) is 4.85 Å². The van der Waals surface area contributed by atoms with Gasteiger partial charge >= 0.3 is 0 Å². The Morgan fingerprint density at radius 3 is 1.80 bits per heavy atom. The minimum atomic E-state index is 0.441. The van der Waals surface area contributed by atoms with Crippen LogP contribution in [0.2, 0.25) is 0 Å². The summed E-state index contributed by atoms with van der Waals surface area (Å²) >= 11 is 0. The van der Waals surface area contributed by atoms with Crippen molar-refractivity contribution in [3.63, 3.8) is 0 Å². The van der Waals surface area contributed by atoms with Crippen molar-refractivity contribution in [3.05, 3.63) is 174 Å². The van der Waals surface area contributed by atoms with Crippen molar-refractivity contribution >= 4 is 49.3 Å². The third-order valence-corrected chi connectivity index (χ3v) is 9.62. The molecular formula is C45H25N5. The maximum atomic E-state index is 10.0. The number of nitrogens with zero attached hydrogens (tertiary/aromatic N) is 5. The number of benzene rings is 7. The maximum Gasteiger partial charge on any atom is 0.196 e. The number of aromatic nitrogens is 2. The smallest absolute Gasteiger partial charge is 0.196 e. The fraction of sp³-hybridized carbons (Fsp3) is 0. The SMILES string of the molecule is [C-]#[N+]c1cccc(C#N)c1-c1ccc2c(c1)c1cc(-c3ccccc3C#N)ccc1n2-c1ccc2c(c1)c1ccccc1n2-c1ccccc1. The lowest BCUT2D eigenvalue weighted by Gasteiger charge is -2.11. The molecule has 0 radical (unpaired) electrons. The van der Waals surface area contributed by atoms with E-state index in [4.69, 9.17) is 6.57 Å². The molecule has 0 saturated heterocycles. The summed E-state index contributed by atoms with van der Waals surface area (Å²) in [6.07, 6.45) is 0. The van der Waals surface area contributed by atoms with Crippen LogP contribution in [0.25, 0.3) is 82.1 Å². The second-order valence-electron chi connectivity index (χ2n) is 12.3. The highest BCUT2D eigenvalue weighted by molar-refractivity contribution is 6.14. The van der Waals surface area contributed by atoms with Gasteiger partial charge in [-0.1, -0.05) is 78.9 Å². The van der Waals surface area contributed by atoms with Gasteiger partial charge in [0.05, 0.1) is 46.3 Å². The second-order valence-corrected chi connectivity index (χ2v) is 12.3. The first-order valence-electron chi connectivity index (χ1n) is 16.3. The van der Waals surface area contributed by atoms with Crippen molar-refractivity contribution in [1.82, 2.24) is 9.13 Å². The molecule has 0 aliphatic carbocycles. The van der Waals surface area contributed by atoms with Gasteiger partial charge in [0.15, 0.2) is 5.69 Å². The van der Waals surface area contributed by atoms with E-state index in [2.05, 4.69) is 123 Å². The van der Waals surface area contributed by atoms with E-state index in [1.165, 1.54) is 5.39 Å². The van der Waals surface area contributed by atoms with Crippen LogP contribution in [-0.4, -0.2) is 9.13 Å². The molecule has 0 N–H and O–H groups in total. The van der Waals surface area contributed by atoms with Crippen LogP contribution in [0.3, 0.4) is 0 Å². The summed E-state index contributed by atoms with van der Waals surface area (Å²) in [5.74, 6) is 0. The molecule has 0 aliphatic heterocycles. The fourth-order valence-electron chi connectivity index (χ4n) is 7.44. The highest BCUT2D eigenvalue weighted by atomic mass is 15.0. The monoisotopic (exact) mass is 635 g/mol. The lowest BCUT2D eigenvalue weighted by molar-refractivity contribution is 1.17. The van der Waals surface area contributed by atoms with E-state index in [9.17, 15) is 10.5 Å². The molecule has 50 heavy (non-hydrogen) atoms. The van der Waals surface area contributed by atoms with Crippen LogP contribution in [0.15, 0.2) is 152 Å². The summed E-state index contributed by atoms with van der Waals surface area (Å²) in [4.78, 5) is 3.76. The predicted octanol–water partition coefficient (Wildman–Crippen LogP) is 11.5. The minimum Gasteiger partial charge on any atom is -0.309 e. The Bertz CT molecular complexity index is 2930. The van der Waals surface area contributed by atoms with Crippen molar-refractivity contribution in [1.29, 1.82) is 10.5 Å². The fourth-order valence-corrected chi connectivity index (χ4v) is 7.44. The van der Waals surface area contributed by atoms with Crippen LogP contribution in [0.4, 0.5) is 5.69 Å². The first kappa shape index (κ1) is 28.8. The van der Waals surface area contributed by atoms with Crippen molar-refractivity contribution in [2.45, 2.75) is 0 Å². The van der Waals surface area contributed by atoms with Crippen molar-refractivity contribution in [3.8, 4) is 45.8 Å². The highest BCUT2D eigenvalue weighted by Gasteiger charge is 2.19. The van der Waals surface area contributed by atoms with Gasteiger partial charge in [0.2, 0.25) is 0 Å². The molecular weight excluding hydrogens is 611 g/mol. The summed E-state index contributed by atoms with van der Waals surface area (Å²) < 4.78 is 4.60. The number of fused-ring (bicyclic) bond motifs is 6. The first-order chi connectivity index (χ1) is 24.7. The summed E-state index contributed by atoms with van der Waals surface area (Å²) in [6.45, 7) is 7.84. The topological polar surface area (TPSA) is 61.8 Å². The second kappa shape index (κ2) is 11.4. The molecule has 0 unspecified atom stereocenters. The first-order valence-corrected chi connectivity index (χ1v) is 16.3. The van der Waals surface area contributed by atoms with Crippen LogP contribution >= 0.6 is 0 Å². The van der Waals surface area contributed by atoms with Gasteiger partial charge in [0.25, 0.3) is 0 Å². The van der Waals surface area contributed by atoms with E-state index in [1.807, 2.05) is 36.4 Å². The van der Waals surface area contributed by atoms with E-state index < -0.39 is 0 Å². The van der Waals surface area contributed by atoms with E-state index in [0.29, 0.717) is 22.4 Å². The van der Waals surface area contributed by atoms with Crippen LogP contribution < -0.4 is 0 Å². The summed E-state index contributed by atoms with van der Waals surface area (Å²) in [5.41, 5.74) is 11.2. The standard InChI is InChI=1S/C45H25N5/c1-48-40-16-9-11-32(28-47)45(40)30-19-22-43-38(25-30)37-24-29(35-14-6-5-10-31(35)27-46)18-21-42(37)50(43)34-20-23-44-39(26-34)36-15-7-8-17-41(36)49(44)33-12-3-2-4-13-33/h2-26H. The number of hydrogen-bond donors (Lipinski definition) is 0.